The minimum Gasteiger partial charge on any atom is -0.0890 e. The minimum absolute atomic E-state index is 0.835. The fourth-order valence-electron chi connectivity index (χ4n) is 1.62. The third-order valence-corrected chi connectivity index (χ3v) is 2.40. The fourth-order valence-corrected chi connectivity index (χ4v) is 1.62. The maximum absolute atomic E-state index is 5.92. The van der Waals surface area contributed by atoms with Gasteiger partial charge in [-0.1, -0.05) is 54.0 Å². The highest BCUT2D eigenvalue weighted by molar-refractivity contribution is 6.35. The molecule has 0 unspecified atom stereocenters. The van der Waals surface area contributed by atoms with Gasteiger partial charge >= 0.3 is 0 Å². The molecule has 0 nitrogen and oxygen atoms in total. The predicted molar refractivity (Wildman–Crippen MR) is 62.0 cm³/mol. The Bertz CT molecular complexity index is 403. The van der Waals surface area contributed by atoms with Crippen LogP contribution in [0.3, 0.4) is 0 Å². The monoisotopic (exact) mass is 178 g/mol. The molecule has 0 saturated carbocycles. The summed E-state index contributed by atoms with van der Waals surface area (Å²) < 4.78 is 0. The van der Waals surface area contributed by atoms with Crippen LogP contribution in [-0.2, 0) is 0 Å². The van der Waals surface area contributed by atoms with E-state index in [4.69, 9.17) is 7.85 Å². The van der Waals surface area contributed by atoms with Crippen LogP contribution in [0.1, 0.15) is 5.56 Å². The molecular weight excluding hydrogens is 167 g/mol. The highest BCUT2D eigenvalue weighted by Crippen LogP contribution is 2.20. The van der Waals surface area contributed by atoms with Crippen LogP contribution in [0.2, 0.25) is 0 Å². The number of hydrogen-bond acceptors (Lipinski definition) is 0. The van der Waals surface area contributed by atoms with E-state index in [2.05, 4.69) is 25.1 Å². The Morgan fingerprint density at radius 1 is 0.786 bits per heavy atom. The summed E-state index contributed by atoms with van der Waals surface area (Å²) in [6.07, 6.45) is 0. The maximum atomic E-state index is 5.92. The van der Waals surface area contributed by atoms with Crippen molar-refractivity contribution in [2.45, 2.75) is 6.92 Å². The molecule has 2 aromatic rings. The molecule has 0 bridgehead atoms. The van der Waals surface area contributed by atoms with Crippen LogP contribution in [-0.4, -0.2) is 7.85 Å². The van der Waals surface area contributed by atoms with Gasteiger partial charge in [0, 0.05) is 0 Å². The second kappa shape index (κ2) is 3.71. The Labute approximate surface area is 86.0 Å². The van der Waals surface area contributed by atoms with E-state index in [0.717, 1.165) is 11.0 Å². The van der Waals surface area contributed by atoms with Crippen molar-refractivity contribution in [2.24, 2.45) is 0 Å². The minimum atomic E-state index is 0.835. The summed E-state index contributed by atoms with van der Waals surface area (Å²) >= 11 is 0. The van der Waals surface area contributed by atoms with Crippen LogP contribution < -0.4 is 5.46 Å². The molecule has 0 heterocycles. The average molecular weight is 178 g/mol. The molecule has 66 valence electrons. The van der Waals surface area contributed by atoms with Gasteiger partial charge in [-0.05, 0) is 23.6 Å². The largest absolute Gasteiger partial charge is 0.114 e. The lowest BCUT2D eigenvalue weighted by atomic mass is 9.86. The van der Waals surface area contributed by atoms with Crippen molar-refractivity contribution < 1.29 is 0 Å². The van der Waals surface area contributed by atoms with Gasteiger partial charge in [-0.2, -0.15) is 0 Å². The van der Waals surface area contributed by atoms with Crippen LogP contribution in [0.5, 0.6) is 0 Å². The first kappa shape index (κ1) is 9.08. The number of benzene rings is 2. The lowest BCUT2D eigenvalue weighted by molar-refractivity contribution is 1.47. The van der Waals surface area contributed by atoms with E-state index < -0.39 is 0 Å². The number of rotatable bonds is 1. The van der Waals surface area contributed by atoms with Crippen molar-refractivity contribution in [3.05, 3.63) is 54.1 Å². The van der Waals surface area contributed by atoms with Crippen molar-refractivity contribution in [1.29, 1.82) is 0 Å². The number of aryl methyl sites for hydroxylation is 1. The summed E-state index contributed by atoms with van der Waals surface area (Å²) in [5, 5.41) is 0. The maximum Gasteiger partial charge on any atom is 0.114 e. The van der Waals surface area contributed by atoms with Crippen LogP contribution in [0, 0.1) is 6.92 Å². The molecule has 0 fully saturated rings. The van der Waals surface area contributed by atoms with Gasteiger partial charge in [0.1, 0.15) is 7.85 Å². The molecule has 0 aliphatic rings. The number of hydrogen-bond donors (Lipinski definition) is 0. The second-order valence-corrected chi connectivity index (χ2v) is 3.40. The van der Waals surface area contributed by atoms with Crippen LogP contribution in [0.15, 0.2) is 48.5 Å². The van der Waals surface area contributed by atoms with Crippen LogP contribution in [0.25, 0.3) is 11.1 Å². The molecule has 0 atom stereocenters. The summed E-state index contributed by atoms with van der Waals surface area (Å²) in [7, 11) is 5.92. The molecule has 0 aliphatic heterocycles. The summed E-state index contributed by atoms with van der Waals surface area (Å²) in [4.78, 5) is 0. The van der Waals surface area contributed by atoms with Crippen molar-refractivity contribution in [2.75, 3.05) is 0 Å². The molecule has 0 N–H and O–H groups in total. The Morgan fingerprint density at radius 2 is 1.36 bits per heavy atom. The van der Waals surface area contributed by atoms with Crippen molar-refractivity contribution in [3.8, 4) is 11.1 Å². The molecule has 1 heteroatoms. The van der Waals surface area contributed by atoms with Crippen LogP contribution in [0.4, 0.5) is 0 Å². The van der Waals surface area contributed by atoms with E-state index in [1.165, 1.54) is 11.1 Å². The Balaban J connectivity index is 2.61. The first-order valence-electron chi connectivity index (χ1n) is 4.69. The molecule has 0 saturated heterocycles. The molecule has 14 heavy (non-hydrogen) atoms. The van der Waals surface area contributed by atoms with Crippen molar-refractivity contribution in [3.63, 3.8) is 0 Å². The molecule has 2 aromatic carbocycles. The van der Waals surface area contributed by atoms with Gasteiger partial charge in [-0.25, -0.2) is 0 Å². The topological polar surface area (TPSA) is 0 Å². The Kier molecular flexibility index (Phi) is 2.40. The molecular formula is C13H11B. The van der Waals surface area contributed by atoms with Gasteiger partial charge in [0.25, 0.3) is 0 Å². The van der Waals surface area contributed by atoms with E-state index in [0.29, 0.717) is 0 Å². The Hall–Kier alpha value is -1.50. The van der Waals surface area contributed by atoms with Gasteiger partial charge in [0.2, 0.25) is 0 Å². The summed E-state index contributed by atoms with van der Waals surface area (Å²) in [6, 6.07) is 16.2. The highest BCUT2D eigenvalue weighted by Gasteiger charge is 2.01. The normalized spacial score (nSPS) is 10.1. The van der Waals surface area contributed by atoms with Gasteiger partial charge in [-0.3, -0.25) is 0 Å². The zero-order chi connectivity index (χ0) is 9.97. The summed E-state index contributed by atoms with van der Waals surface area (Å²) in [5.41, 5.74) is 4.42. The Morgan fingerprint density at radius 3 is 2.00 bits per heavy atom. The molecule has 0 spiro atoms. The quantitative estimate of drug-likeness (QED) is 0.588. The average Bonchev–Trinajstić information content (AvgIpc) is 2.20. The van der Waals surface area contributed by atoms with Gasteiger partial charge in [0.15, 0.2) is 0 Å². The molecule has 0 amide bonds. The van der Waals surface area contributed by atoms with Gasteiger partial charge < -0.3 is 0 Å². The third-order valence-electron chi connectivity index (χ3n) is 2.40. The predicted octanol–water partition coefficient (Wildman–Crippen LogP) is 2.46. The van der Waals surface area contributed by atoms with E-state index >= 15 is 0 Å². The first-order valence-corrected chi connectivity index (χ1v) is 4.69. The highest BCUT2D eigenvalue weighted by atomic mass is 14.0. The van der Waals surface area contributed by atoms with Crippen molar-refractivity contribution >= 4 is 13.3 Å². The zero-order valence-electron chi connectivity index (χ0n) is 8.20. The third kappa shape index (κ3) is 1.58. The molecule has 2 rings (SSSR count). The van der Waals surface area contributed by atoms with Crippen LogP contribution >= 0.6 is 0 Å². The molecule has 0 aliphatic carbocycles. The molecule has 0 aromatic heterocycles. The van der Waals surface area contributed by atoms with Gasteiger partial charge in [0.05, 0.1) is 0 Å². The zero-order valence-corrected chi connectivity index (χ0v) is 8.20. The van der Waals surface area contributed by atoms with E-state index in [9.17, 15) is 0 Å². The summed E-state index contributed by atoms with van der Waals surface area (Å²) in [6.45, 7) is 2.10. The standard InChI is InChI=1S/C13H11B/c1-10-6-2-3-7-11(10)12-8-4-5-9-13(12)14/h2-9H,1H3. The lowest BCUT2D eigenvalue weighted by Crippen LogP contribution is -2.05. The first-order chi connectivity index (χ1) is 6.79. The lowest BCUT2D eigenvalue weighted by Gasteiger charge is -2.08. The van der Waals surface area contributed by atoms with E-state index in [1.54, 1.807) is 0 Å². The summed E-state index contributed by atoms with van der Waals surface area (Å²) in [5.74, 6) is 0. The van der Waals surface area contributed by atoms with Gasteiger partial charge in [-0.15, -0.1) is 0 Å². The van der Waals surface area contributed by atoms with E-state index in [-0.39, 0.29) is 0 Å². The second-order valence-electron chi connectivity index (χ2n) is 3.40. The fraction of sp³-hybridized carbons (Fsp3) is 0.0769. The molecule has 2 radical (unpaired) electrons. The smallest absolute Gasteiger partial charge is 0.0890 e. The SMILES string of the molecule is [B]c1ccccc1-c1ccccc1C. The van der Waals surface area contributed by atoms with Crippen molar-refractivity contribution in [1.82, 2.24) is 0 Å². The van der Waals surface area contributed by atoms with E-state index in [1.807, 2.05) is 30.3 Å².